The molecule has 29 heavy (non-hydrogen) atoms. The van der Waals surface area contributed by atoms with E-state index < -0.39 is 15.6 Å². The molecule has 2 aliphatic heterocycles. The summed E-state index contributed by atoms with van der Waals surface area (Å²) in [6.07, 6.45) is 1.26. The van der Waals surface area contributed by atoms with Crippen LogP contribution in [0.3, 0.4) is 0 Å². The normalized spacial score (nSPS) is 18.9. The number of methoxy groups -OCH3 is 1. The number of carbonyl (C=O) groups is 1. The molecule has 2 aliphatic rings. The lowest BCUT2D eigenvalue weighted by molar-refractivity contribution is 0.00585. The van der Waals surface area contributed by atoms with Gasteiger partial charge in [0.1, 0.15) is 17.1 Å². The van der Waals surface area contributed by atoms with Crippen LogP contribution in [-0.2, 0) is 10.0 Å². The van der Waals surface area contributed by atoms with Crippen molar-refractivity contribution in [3.05, 3.63) is 53.1 Å². The van der Waals surface area contributed by atoms with Crippen molar-refractivity contribution in [2.45, 2.75) is 43.6 Å². The second kappa shape index (κ2) is 7.15. The lowest BCUT2D eigenvalue weighted by Gasteiger charge is -2.43. The Labute approximate surface area is 171 Å². The van der Waals surface area contributed by atoms with E-state index in [1.165, 1.54) is 4.31 Å². The van der Waals surface area contributed by atoms with E-state index >= 15 is 0 Å². The lowest BCUT2D eigenvalue weighted by atomic mass is 9.82. The van der Waals surface area contributed by atoms with Gasteiger partial charge in [-0.25, -0.2) is 8.42 Å². The molecule has 6 nitrogen and oxygen atoms in total. The predicted molar refractivity (Wildman–Crippen MR) is 109 cm³/mol. The van der Waals surface area contributed by atoms with Gasteiger partial charge in [0.25, 0.3) is 0 Å². The van der Waals surface area contributed by atoms with Gasteiger partial charge in [0, 0.05) is 25.9 Å². The molecule has 0 aliphatic carbocycles. The van der Waals surface area contributed by atoms with E-state index in [9.17, 15) is 13.2 Å². The maximum absolute atomic E-state index is 13.0. The van der Waals surface area contributed by atoms with Gasteiger partial charge in [-0.1, -0.05) is 0 Å². The van der Waals surface area contributed by atoms with Crippen LogP contribution >= 0.6 is 0 Å². The van der Waals surface area contributed by atoms with Gasteiger partial charge in [-0.3, -0.25) is 4.79 Å². The summed E-state index contributed by atoms with van der Waals surface area (Å²) in [5.41, 5.74) is 2.15. The Morgan fingerprint density at radius 1 is 1.03 bits per heavy atom. The molecular formula is C22H25NO5S. The van der Waals surface area contributed by atoms with Gasteiger partial charge in [-0.15, -0.1) is 0 Å². The Kier molecular flexibility index (Phi) is 4.91. The van der Waals surface area contributed by atoms with Crippen LogP contribution in [0.2, 0.25) is 0 Å². The number of hydrogen-bond acceptors (Lipinski definition) is 5. The molecule has 1 saturated heterocycles. The second-order valence-electron chi connectivity index (χ2n) is 7.90. The zero-order valence-electron chi connectivity index (χ0n) is 16.9. The number of fused-ring (bicyclic) bond motifs is 1. The molecule has 0 atom stereocenters. The number of Topliss-reactive ketones (excluding diaryl/α,β-unsaturated/α-hetero) is 1. The molecule has 0 bridgehead atoms. The zero-order valence-corrected chi connectivity index (χ0v) is 17.7. The van der Waals surface area contributed by atoms with E-state index in [1.807, 2.05) is 26.0 Å². The molecule has 0 unspecified atom stereocenters. The van der Waals surface area contributed by atoms with Crippen molar-refractivity contribution in [1.29, 1.82) is 0 Å². The number of ether oxygens (including phenoxy) is 2. The summed E-state index contributed by atoms with van der Waals surface area (Å²) in [4.78, 5) is 13.0. The molecule has 2 heterocycles. The number of nitrogens with zero attached hydrogens (tertiary/aromatic N) is 1. The Morgan fingerprint density at radius 2 is 1.66 bits per heavy atom. The highest BCUT2D eigenvalue weighted by Crippen LogP contribution is 2.41. The summed E-state index contributed by atoms with van der Waals surface area (Å²) in [6, 6.07) is 10.2. The van der Waals surface area contributed by atoms with Gasteiger partial charge in [0.2, 0.25) is 10.0 Å². The van der Waals surface area contributed by atoms with Crippen LogP contribution < -0.4 is 9.47 Å². The van der Waals surface area contributed by atoms with Crippen molar-refractivity contribution in [3.8, 4) is 11.5 Å². The molecule has 0 amide bonds. The molecule has 1 fully saturated rings. The van der Waals surface area contributed by atoms with Gasteiger partial charge in [-0.05, 0) is 61.4 Å². The number of aryl methyl sites for hydroxylation is 2. The maximum Gasteiger partial charge on any atom is 0.243 e. The molecule has 2 aromatic rings. The van der Waals surface area contributed by atoms with Crippen LogP contribution in [0.25, 0.3) is 0 Å². The Hall–Kier alpha value is -2.38. The molecule has 0 N–H and O–H groups in total. The number of ketones is 1. The molecular weight excluding hydrogens is 390 g/mol. The van der Waals surface area contributed by atoms with Crippen molar-refractivity contribution in [2.75, 3.05) is 20.2 Å². The van der Waals surface area contributed by atoms with E-state index in [-0.39, 0.29) is 10.7 Å². The molecule has 1 spiro atoms. The lowest BCUT2D eigenvalue weighted by Crippen LogP contribution is -2.52. The summed E-state index contributed by atoms with van der Waals surface area (Å²) in [7, 11) is -2.05. The summed E-state index contributed by atoms with van der Waals surface area (Å²) < 4.78 is 38.8. The Morgan fingerprint density at radius 3 is 2.28 bits per heavy atom. The summed E-state index contributed by atoms with van der Waals surface area (Å²) in [6.45, 7) is 4.62. The van der Waals surface area contributed by atoms with Gasteiger partial charge >= 0.3 is 0 Å². The molecule has 154 valence electrons. The highest BCUT2D eigenvalue weighted by molar-refractivity contribution is 7.89. The first-order valence-electron chi connectivity index (χ1n) is 9.72. The van der Waals surface area contributed by atoms with Crippen LogP contribution in [0.4, 0.5) is 0 Å². The van der Waals surface area contributed by atoms with E-state index in [0.717, 1.165) is 11.1 Å². The Balaban J connectivity index is 1.53. The van der Waals surface area contributed by atoms with Crippen molar-refractivity contribution < 1.29 is 22.7 Å². The third-order valence-electron chi connectivity index (χ3n) is 6.04. The summed E-state index contributed by atoms with van der Waals surface area (Å²) >= 11 is 0. The van der Waals surface area contributed by atoms with Gasteiger partial charge < -0.3 is 9.47 Å². The molecule has 4 rings (SSSR count). The van der Waals surface area contributed by atoms with Crippen molar-refractivity contribution in [2.24, 2.45) is 0 Å². The molecule has 2 aromatic carbocycles. The topological polar surface area (TPSA) is 72.9 Å². The van der Waals surface area contributed by atoms with E-state index in [0.29, 0.717) is 49.4 Å². The largest absolute Gasteiger partial charge is 0.497 e. The van der Waals surface area contributed by atoms with Crippen LogP contribution in [0.1, 0.15) is 40.7 Å². The number of rotatable bonds is 3. The highest BCUT2D eigenvalue weighted by Gasteiger charge is 2.45. The van der Waals surface area contributed by atoms with Gasteiger partial charge in [0.15, 0.2) is 5.78 Å². The fourth-order valence-electron chi connectivity index (χ4n) is 4.06. The van der Waals surface area contributed by atoms with E-state index in [4.69, 9.17) is 9.47 Å². The molecule has 7 heteroatoms. The average molecular weight is 416 g/mol. The number of hydrogen-bond donors (Lipinski definition) is 0. The van der Waals surface area contributed by atoms with Gasteiger partial charge in [-0.2, -0.15) is 4.31 Å². The second-order valence-corrected chi connectivity index (χ2v) is 9.84. The zero-order chi connectivity index (χ0) is 20.8. The minimum Gasteiger partial charge on any atom is -0.497 e. The predicted octanol–water partition coefficient (Wildman–Crippen LogP) is 3.50. The SMILES string of the molecule is COc1ccc(S(=O)(=O)N2CCC3(CC2)CC(=O)c2cc(C)c(C)cc2O3)cc1. The van der Waals surface area contributed by atoms with Crippen LogP contribution in [0.5, 0.6) is 11.5 Å². The number of benzene rings is 2. The van der Waals surface area contributed by atoms with Crippen LogP contribution in [0, 0.1) is 13.8 Å². The first-order chi connectivity index (χ1) is 13.7. The third kappa shape index (κ3) is 3.53. The third-order valence-corrected chi connectivity index (χ3v) is 7.95. The Bertz CT molecular complexity index is 1050. The van der Waals surface area contributed by atoms with Crippen LogP contribution in [-0.4, -0.2) is 44.3 Å². The fourth-order valence-corrected chi connectivity index (χ4v) is 5.50. The van der Waals surface area contributed by atoms with Crippen LogP contribution in [0.15, 0.2) is 41.3 Å². The average Bonchev–Trinajstić information content (AvgIpc) is 2.70. The monoisotopic (exact) mass is 415 g/mol. The van der Waals surface area contributed by atoms with Gasteiger partial charge in [0.05, 0.1) is 24.0 Å². The van der Waals surface area contributed by atoms with Crippen molar-refractivity contribution in [1.82, 2.24) is 4.31 Å². The van der Waals surface area contributed by atoms with Crippen molar-refractivity contribution >= 4 is 15.8 Å². The minimum absolute atomic E-state index is 0.0702. The van der Waals surface area contributed by atoms with E-state index in [2.05, 4.69) is 0 Å². The fraction of sp³-hybridized carbons (Fsp3) is 0.409. The highest BCUT2D eigenvalue weighted by atomic mass is 32.2. The molecule has 0 aromatic heterocycles. The standard InChI is InChI=1S/C22H25NO5S/c1-15-12-19-20(24)14-22(28-21(19)13-16(15)2)8-10-23(11-9-22)29(25,26)18-6-4-17(27-3)5-7-18/h4-7,12-13H,8-11,14H2,1-3H3. The summed E-state index contributed by atoms with van der Waals surface area (Å²) in [5.74, 6) is 1.30. The number of sulfonamides is 1. The molecule has 0 radical (unpaired) electrons. The summed E-state index contributed by atoms with van der Waals surface area (Å²) in [5, 5.41) is 0. The quantitative estimate of drug-likeness (QED) is 0.767. The first kappa shape index (κ1) is 19.9. The first-order valence-corrected chi connectivity index (χ1v) is 11.2. The van der Waals surface area contributed by atoms with Crippen molar-refractivity contribution in [3.63, 3.8) is 0 Å². The minimum atomic E-state index is -3.59. The van der Waals surface area contributed by atoms with E-state index in [1.54, 1.807) is 31.4 Å². The number of carbonyl (C=O) groups excluding carboxylic acids is 1. The maximum atomic E-state index is 13.0. The molecule has 0 saturated carbocycles. The smallest absolute Gasteiger partial charge is 0.243 e. The number of piperidine rings is 1.